The molecule has 0 radical (unpaired) electrons. The molecule has 2 rings (SSSR count). The molecule has 0 heterocycles. The van der Waals surface area contributed by atoms with Gasteiger partial charge in [0.05, 0.1) is 4.90 Å². The van der Waals surface area contributed by atoms with E-state index >= 15 is 0 Å². The van der Waals surface area contributed by atoms with Crippen LogP contribution in [0.15, 0.2) is 53.4 Å². The molecule has 0 bridgehead atoms. The first-order valence-electron chi connectivity index (χ1n) is 7.71. The number of quaternary nitrogens is 1. The number of anilines is 1. The minimum atomic E-state index is -3.75. The van der Waals surface area contributed by atoms with Crippen molar-refractivity contribution in [2.45, 2.75) is 30.8 Å². The third-order valence-corrected chi connectivity index (χ3v) is 5.11. The van der Waals surface area contributed by atoms with Crippen LogP contribution in [0.2, 0.25) is 5.02 Å². The standard InChI is InChI=1S/C17H20ClN3O3S/c1-11(15-5-3-4-6-16(15)18)20-12(2)17(22)21-13-7-9-14(10-8-13)25(19,23)24/h3-12,20H,1-2H3,(H,21,22)(H2,19,23,24)/p+1/t11-,12+/m1/s1. The van der Waals surface area contributed by atoms with Gasteiger partial charge in [0, 0.05) is 16.3 Å². The summed E-state index contributed by atoms with van der Waals surface area (Å²) in [6, 6.07) is 12.9. The van der Waals surface area contributed by atoms with Crippen LogP contribution < -0.4 is 15.8 Å². The van der Waals surface area contributed by atoms with Crippen LogP contribution in [0.5, 0.6) is 0 Å². The minimum absolute atomic E-state index is 0.00236. The lowest BCUT2D eigenvalue weighted by molar-refractivity contribution is -0.709. The molecule has 0 aliphatic carbocycles. The Morgan fingerprint density at radius 1 is 1.12 bits per heavy atom. The Kier molecular flexibility index (Phi) is 6.18. The molecule has 2 aromatic rings. The normalized spacial score (nSPS) is 13.9. The monoisotopic (exact) mass is 382 g/mol. The number of primary sulfonamides is 1. The number of sulfonamides is 1. The lowest BCUT2D eigenvalue weighted by Gasteiger charge is -2.17. The van der Waals surface area contributed by atoms with Crippen LogP contribution in [0.25, 0.3) is 0 Å². The number of benzene rings is 2. The van der Waals surface area contributed by atoms with E-state index in [1.54, 1.807) is 6.92 Å². The van der Waals surface area contributed by atoms with Gasteiger partial charge in [-0.2, -0.15) is 0 Å². The molecule has 6 nitrogen and oxygen atoms in total. The van der Waals surface area contributed by atoms with Crippen LogP contribution in [-0.2, 0) is 14.8 Å². The Hall–Kier alpha value is -1.93. The number of carbonyl (C=O) groups is 1. The summed E-state index contributed by atoms with van der Waals surface area (Å²) in [7, 11) is -3.75. The molecular formula is C17H21ClN3O3S+. The van der Waals surface area contributed by atoms with E-state index in [1.807, 2.05) is 36.5 Å². The molecule has 2 atom stereocenters. The van der Waals surface area contributed by atoms with E-state index in [1.165, 1.54) is 24.3 Å². The van der Waals surface area contributed by atoms with Gasteiger partial charge < -0.3 is 10.6 Å². The zero-order valence-electron chi connectivity index (χ0n) is 13.9. The number of nitrogens with one attached hydrogen (secondary N) is 1. The van der Waals surface area contributed by atoms with Crippen molar-refractivity contribution in [2.24, 2.45) is 5.14 Å². The topological polar surface area (TPSA) is 106 Å². The van der Waals surface area contributed by atoms with Gasteiger partial charge in [-0.3, -0.25) is 4.79 Å². The van der Waals surface area contributed by atoms with E-state index in [2.05, 4.69) is 5.32 Å². The number of nitrogens with two attached hydrogens (primary N) is 2. The van der Waals surface area contributed by atoms with Gasteiger partial charge in [0.1, 0.15) is 6.04 Å². The summed E-state index contributed by atoms with van der Waals surface area (Å²) in [4.78, 5) is 12.3. The Labute approximate surface area is 152 Å². The van der Waals surface area contributed by atoms with Gasteiger partial charge in [0.15, 0.2) is 6.04 Å². The zero-order valence-corrected chi connectivity index (χ0v) is 15.5. The molecule has 0 fully saturated rings. The zero-order chi connectivity index (χ0) is 18.6. The maximum atomic E-state index is 12.3. The molecule has 0 spiro atoms. The first-order chi connectivity index (χ1) is 11.7. The molecule has 5 N–H and O–H groups in total. The number of rotatable bonds is 6. The molecule has 8 heteroatoms. The fourth-order valence-electron chi connectivity index (χ4n) is 2.45. The molecule has 0 unspecified atom stereocenters. The van der Waals surface area contributed by atoms with Crippen molar-refractivity contribution in [3.8, 4) is 0 Å². The predicted octanol–water partition coefficient (Wildman–Crippen LogP) is 1.64. The maximum Gasteiger partial charge on any atom is 0.282 e. The average molecular weight is 383 g/mol. The number of halogens is 1. The summed E-state index contributed by atoms with van der Waals surface area (Å²) in [6.45, 7) is 3.77. The van der Waals surface area contributed by atoms with Crippen molar-refractivity contribution in [1.82, 2.24) is 0 Å². The van der Waals surface area contributed by atoms with Gasteiger partial charge in [0.25, 0.3) is 5.91 Å². The molecule has 0 aliphatic heterocycles. The van der Waals surface area contributed by atoms with Crippen LogP contribution >= 0.6 is 11.6 Å². The third-order valence-electron chi connectivity index (χ3n) is 3.84. The number of hydrogen-bond acceptors (Lipinski definition) is 3. The van der Waals surface area contributed by atoms with E-state index in [4.69, 9.17) is 16.7 Å². The first-order valence-corrected chi connectivity index (χ1v) is 9.64. The fraction of sp³-hybridized carbons (Fsp3) is 0.235. The van der Waals surface area contributed by atoms with E-state index in [0.29, 0.717) is 10.7 Å². The Morgan fingerprint density at radius 2 is 1.72 bits per heavy atom. The van der Waals surface area contributed by atoms with Crippen molar-refractivity contribution < 1.29 is 18.5 Å². The van der Waals surface area contributed by atoms with Gasteiger partial charge in [-0.15, -0.1) is 0 Å². The van der Waals surface area contributed by atoms with E-state index in [0.717, 1.165) is 5.56 Å². The summed E-state index contributed by atoms with van der Waals surface area (Å²) in [6.07, 6.45) is 0. The smallest absolute Gasteiger partial charge is 0.282 e. The minimum Gasteiger partial charge on any atom is -0.330 e. The molecule has 0 saturated heterocycles. The molecular weight excluding hydrogens is 362 g/mol. The quantitative estimate of drug-likeness (QED) is 0.707. The summed E-state index contributed by atoms with van der Waals surface area (Å²) < 4.78 is 22.5. The molecule has 0 aromatic heterocycles. The number of amides is 1. The van der Waals surface area contributed by atoms with E-state index in [9.17, 15) is 13.2 Å². The van der Waals surface area contributed by atoms with Crippen LogP contribution in [0.1, 0.15) is 25.5 Å². The molecule has 0 saturated carbocycles. The molecule has 1 amide bonds. The highest BCUT2D eigenvalue weighted by atomic mass is 35.5. The summed E-state index contributed by atoms with van der Waals surface area (Å²) >= 11 is 6.18. The number of carbonyl (C=O) groups excluding carboxylic acids is 1. The van der Waals surface area contributed by atoms with Gasteiger partial charge >= 0.3 is 0 Å². The van der Waals surface area contributed by atoms with Crippen molar-refractivity contribution >= 4 is 33.2 Å². The second-order valence-electron chi connectivity index (χ2n) is 5.85. The van der Waals surface area contributed by atoms with Crippen LogP contribution in [0.4, 0.5) is 5.69 Å². The Bertz CT molecular complexity index is 854. The van der Waals surface area contributed by atoms with Crippen molar-refractivity contribution in [2.75, 3.05) is 5.32 Å². The predicted molar refractivity (Wildman–Crippen MR) is 97.7 cm³/mol. The van der Waals surface area contributed by atoms with Gasteiger partial charge in [0.2, 0.25) is 10.0 Å². The third kappa shape index (κ3) is 5.27. The van der Waals surface area contributed by atoms with Crippen molar-refractivity contribution in [3.05, 3.63) is 59.1 Å². The average Bonchev–Trinajstić information content (AvgIpc) is 2.54. The second kappa shape index (κ2) is 7.97. The highest BCUT2D eigenvalue weighted by molar-refractivity contribution is 7.89. The van der Waals surface area contributed by atoms with Crippen molar-refractivity contribution in [1.29, 1.82) is 0 Å². The SMILES string of the molecule is C[C@H]([NH2+][C@H](C)c1ccccc1Cl)C(=O)Nc1ccc(S(N)(=O)=O)cc1. The van der Waals surface area contributed by atoms with Crippen molar-refractivity contribution in [3.63, 3.8) is 0 Å². The molecule has 2 aromatic carbocycles. The van der Waals surface area contributed by atoms with Crippen LogP contribution in [0, 0.1) is 0 Å². The first kappa shape index (κ1) is 19.4. The highest BCUT2D eigenvalue weighted by Crippen LogP contribution is 2.19. The summed E-state index contributed by atoms with van der Waals surface area (Å²) in [5.41, 5.74) is 1.46. The largest absolute Gasteiger partial charge is 0.330 e. The van der Waals surface area contributed by atoms with Gasteiger partial charge in [-0.1, -0.05) is 29.8 Å². The fourth-order valence-corrected chi connectivity index (χ4v) is 3.28. The molecule has 134 valence electrons. The Balaban J connectivity index is 1.99. The Morgan fingerprint density at radius 3 is 2.28 bits per heavy atom. The van der Waals surface area contributed by atoms with Gasteiger partial charge in [-0.05, 0) is 44.2 Å². The van der Waals surface area contributed by atoms with Crippen LogP contribution in [-0.4, -0.2) is 20.4 Å². The molecule has 0 aliphatic rings. The lowest BCUT2D eigenvalue weighted by Crippen LogP contribution is -2.91. The van der Waals surface area contributed by atoms with E-state index < -0.39 is 10.0 Å². The highest BCUT2D eigenvalue weighted by Gasteiger charge is 2.21. The summed E-state index contributed by atoms with van der Waals surface area (Å²) in [5, 5.41) is 10.4. The molecule has 25 heavy (non-hydrogen) atoms. The maximum absolute atomic E-state index is 12.3. The number of hydrogen-bond donors (Lipinski definition) is 3. The van der Waals surface area contributed by atoms with Gasteiger partial charge in [-0.25, -0.2) is 13.6 Å². The van der Waals surface area contributed by atoms with E-state index in [-0.39, 0.29) is 22.9 Å². The second-order valence-corrected chi connectivity index (χ2v) is 7.82. The van der Waals surface area contributed by atoms with Crippen LogP contribution in [0.3, 0.4) is 0 Å². The summed E-state index contributed by atoms with van der Waals surface area (Å²) in [5.74, 6) is -0.192. The lowest BCUT2D eigenvalue weighted by atomic mass is 10.1.